The zero-order chi connectivity index (χ0) is 55.5. The molecule has 0 spiro atoms. The Morgan fingerprint density at radius 2 is 0.884 bits per heavy atom. The minimum atomic E-state index is -4.00. The van der Waals surface area contributed by atoms with Crippen LogP contribution >= 0.6 is 11.6 Å². The van der Waals surface area contributed by atoms with Crippen molar-refractivity contribution in [2.75, 3.05) is 0 Å². The SMILES string of the molecule is CC(C)C.CC(C)C#N.CC(C)C(F)(F)F.CC(C)C(F)F.CC(C)Cl.CC(C)F.CC(C)c1cccc(C(N)=O)c1.CC(C)c1ccccc1.CC(C)c1cccnc1.CC(C)c1ccncc1. The van der Waals surface area contributed by atoms with E-state index >= 15 is 0 Å². The Bertz CT molecular complexity index is 1600. The van der Waals surface area contributed by atoms with Crippen LogP contribution in [-0.4, -0.2) is 40.0 Å². The molecular weight excluding hydrogens is 906 g/mol. The van der Waals surface area contributed by atoms with Crippen LogP contribution in [0.15, 0.2) is 104 Å². The molecule has 0 radical (unpaired) electrons. The molecule has 2 heterocycles. The number of rotatable bonds is 6. The molecule has 69 heavy (non-hydrogen) atoms. The molecule has 4 aromatic rings. The van der Waals surface area contributed by atoms with Crippen molar-refractivity contribution in [2.45, 2.75) is 193 Å². The van der Waals surface area contributed by atoms with Gasteiger partial charge in [0.25, 0.3) is 0 Å². The van der Waals surface area contributed by atoms with Crippen LogP contribution in [-0.2, 0) is 0 Å². The molecule has 0 unspecified atom stereocenters. The first-order chi connectivity index (χ1) is 31.6. The second-order valence-electron chi connectivity index (χ2n) is 18.9. The Labute approximate surface area is 422 Å². The highest BCUT2D eigenvalue weighted by molar-refractivity contribution is 6.20. The van der Waals surface area contributed by atoms with E-state index in [1.807, 2.05) is 94.8 Å². The molecule has 0 saturated heterocycles. The highest BCUT2D eigenvalue weighted by atomic mass is 35.5. The summed E-state index contributed by atoms with van der Waals surface area (Å²) in [6, 6.07) is 28.1. The Balaban J connectivity index is -0.000000163. The number of alkyl halides is 7. The Morgan fingerprint density at radius 3 is 1.10 bits per heavy atom. The molecule has 4 rings (SSSR count). The first-order valence-corrected chi connectivity index (χ1v) is 24.3. The smallest absolute Gasteiger partial charge is 0.366 e. The Hall–Kier alpha value is -4.43. The van der Waals surface area contributed by atoms with Crippen molar-refractivity contribution in [3.05, 3.63) is 131 Å². The predicted octanol–water partition coefficient (Wildman–Crippen LogP) is 19.1. The molecule has 0 atom stereocenters. The minimum absolute atomic E-state index is 0.190. The van der Waals surface area contributed by atoms with Gasteiger partial charge in [-0.2, -0.15) is 18.4 Å². The average Bonchev–Trinajstić information content (AvgIpc) is 3.25. The maximum Gasteiger partial charge on any atom is 0.391 e. The zero-order valence-corrected chi connectivity index (χ0v) is 46.9. The molecule has 0 saturated carbocycles. The van der Waals surface area contributed by atoms with Crippen LogP contribution in [0.1, 0.15) is 202 Å². The molecule has 0 fully saturated rings. The van der Waals surface area contributed by atoms with E-state index in [4.69, 9.17) is 22.6 Å². The molecule has 5 nitrogen and oxygen atoms in total. The molecule has 1 amide bonds. The van der Waals surface area contributed by atoms with Crippen LogP contribution in [0.5, 0.6) is 0 Å². The summed E-state index contributed by atoms with van der Waals surface area (Å²) in [7, 11) is 0. The minimum Gasteiger partial charge on any atom is -0.366 e. The van der Waals surface area contributed by atoms with Gasteiger partial charge in [0.1, 0.15) is 0 Å². The van der Waals surface area contributed by atoms with Gasteiger partial charge < -0.3 is 5.73 Å². The molecule has 0 bridgehead atoms. The number of amides is 1. The fraction of sp³-hybridized carbons (Fsp3) is 0.579. The summed E-state index contributed by atoms with van der Waals surface area (Å²) in [6.07, 6.45) is 0.547. The molecule has 2 aromatic heterocycles. The van der Waals surface area contributed by atoms with Crippen LogP contribution in [0, 0.1) is 35.0 Å². The third-order valence-corrected chi connectivity index (χ3v) is 7.44. The van der Waals surface area contributed by atoms with Crippen molar-refractivity contribution in [1.29, 1.82) is 5.26 Å². The van der Waals surface area contributed by atoms with Gasteiger partial charge in [-0.3, -0.25) is 14.8 Å². The first-order valence-electron chi connectivity index (χ1n) is 23.8. The van der Waals surface area contributed by atoms with E-state index in [0.29, 0.717) is 34.6 Å². The lowest BCUT2D eigenvalue weighted by atomic mass is 10.0. The van der Waals surface area contributed by atoms with Gasteiger partial charge >= 0.3 is 6.18 Å². The second kappa shape index (κ2) is 47.3. The van der Waals surface area contributed by atoms with Gasteiger partial charge in [-0.25, -0.2) is 13.2 Å². The molecule has 2 aromatic carbocycles. The van der Waals surface area contributed by atoms with Gasteiger partial charge in [0.15, 0.2) is 0 Å². The number of carbonyl (C=O) groups excluding carboxylic acids is 1. The van der Waals surface area contributed by atoms with Crippen molar-refractivity contribution in [1.82, 2.24) is 9.97 Å². The lowest BCUT2D eigenvalue weighted by Gasteiger charge is -2.07. The largest absolute Gasteiger partial charge is 0.391 e. The van der Waals surface area contributed by atoms with Crippen LogP contribution < -0.4 is 5.73 Å². The predicted molar refractivity (Wildman–Crippen MR) is 286 cm³/mol. The number of benzene rings is 2. The number of primary amides is 1. The van der Waals surface area contributed by atoms with Crippen molar-refractivity contribution >= 4 is 17.5 Å². The van der Waals surface area contributed by atoms with Gasteiger partial charge in [-0.1, -0.05) is 152 Å². The van der Waals surface area contributed by atoms with E-state index in [9.17, 15) is 31.1 Å². The van der Waals surface area contributed by atoms with E-state index < -0.39 is 30.6 Å². The van der Waals surface area contributed by atoms with Crippen LogP contribution in [0.25, 0.3) is 0 Å². The van der Waals surface area contributed by atoms with E-state index in [0.717, 1.165) is 25.3 Å². The summed E-state index contributed by atoms with van der Waals surface area (Å²) in [6.45, 7) is 39.6. The van der Waals surface area contributed by atoms with E-state index in [1.54, 1.807) is 12.3 Å². The normalized spacial score (nSPS) is 10.1. The highest BCUT2D eigenvalue weighted by Crippen LogP contribution is 2.24. The van der Waals surface area contributed by atoms with E-state index in [-0.39, 0.29) is 11.8 Å². The second-order valence-corrected chi connectivity index (χ2v) is 19.8. The Kier molecular flexibility index (Phi) is 52.1. The fourth-order valence-electron chi connectivity index (χ4n) is 3.35. The van der Waals surface area contributed by atoms with Crippen molar-refractivity contribution < 1.29 is 31.1 Å². The lowest BCUT2D eigenvalue weighted by Crippen LogP contribution is -2.15. The molecule has 12 heteroatoms. The molecule has 0 aliphatic rings. The maximum absolute atomic E-state index is 11.2. The highest BCUT2D eigenvalue weighted by Gasteiger charge is 2.31. The topological polar surface area (TPSA) is 92.7 Å². The first kappa shape index (κ1) is 76.1. The molecule has 0 aliphatic carbocycles. The molecule has 396 valence electrons. The number of nitriles is 1. The number of nitrogens with two attached hydrogens (primary N) is 1. The molecular formula is C57H93ClF6N4O. The summed E-state index contributed by atoms with van der Waals surface area (Å²) >= 11 is 5.27. The number of nitrogens with zero attached hydrogens (tertiary/aromatic N) is 3. The third-order valence-electron chi connectivity index (χ3n) is 7.44. The third kappa shape index (κ3) is 63.6. The summed E-state index contributed by atoms with van der Waals surface area (Å²) in [5, 5.41) is 8.20. The summed E-state index contributed by atoms with van der Waals surface area (Å²) in [5.74, 6) is 1.28. The maximum atomic E-state index is 11.2. The number of carbonyl (C=O) groups is 1. The van der Waals surface area contributed by atoms with E-state index in [1.165, 1.54) is 44.4 Å². The number of halogens is 7. The van der Waals surface area contributed by atoms with Gasteiger partial charge in [0.05, 0.1) is 12.2 Å². The summed E-state index contributed by atoms with van der Waals surface area (Å²) < 4.78 is 66.8. The number of hydrogen-bond donors (Lipinski definition) is 1. The van der Waals surface area contributed by atoms with Crippen molar-refractivity contribution in [2.24, 2.45) is 29.4 Å². The standard InChI is InChI=1S/C10H13NO.C9H12.2C8H11N.C4H7F3.C4H8F2.C4H7N.C4H10.C3H7Cl.C3H7F/c1-7(2)8-4-3-5-9(6-8)10(11)12;1-8(2)9-6-4-3-5-7-9;1-7(2)8-3-5-9-6-4-8;1-7(2)8-4-3-5-9-6-8;1-3(2)4(5,6)7;1-3(2)4(5)6;1-4(2)3-5;1-4(2)3;2*1-3(2)4/h3-7H,1-2H3,(H2,11,12);3-8H,1-2H3;2*3-7H,1-2H3;3H,1-2H3;3-4H,1-2H3;4H,1-2H3;4H,1-3H3;2*3H,1-2H3. The van der Waals surface area contributed by atoms with Crippen LogP contribution in [0.4, 0.5) is 26.3 Å². The quantitative estimate of drug-likeness (QED) is 0.154. The Morgan fingerprint density at radius 1 is 0.565 bits per heavy atom. The number of pyridine rings is 2. The lowest BCUT2D eigenvalue weighted by molar-refractivity contribution is -0.164. The summed E-state index contributed by atoms with van der Waals surface area (Å²) in [5.41, 5.74) is 10.9. The van der Waals surface area contributed by atoms with Gasteiger partial charge in [0.2, 0.25) is 12.3 Å². The zero-order valence-electron chi connectivity index (χ0n) is 46.1. The van der Waals surface area contributed by atoms with Crippen molar-refractivity contribution in [3.63, 3.8) is 0 Å². The average molecular weight is 1000 g/mol. The van der Waals surface area contributed by atoms with Crippen LogP contribution in [0.3, 0.4) is 0 Å². The van der Waals surface area contributed by atoms with Crippen molar-refractivity contribution in [3.8, 4) is 6.07 Å². The van der Waals surface area contributed by atoms with Gasteiger partial charge in [-0.05, 0) is 124 Å². The number of aromatic nitrogens is 2. The monoisotopic (exact) mass is 999 g/mol. The fourth-order valence-corrected chi connectivity index (χ4v) is 3.35. The van der Waals surface area contributed by atoms with Gasteiger partial charge in [0, 0.05) is 53.5 Å². The van der Waals surface area contributed by atoms with Gasteiger partial charge in [-0.15, -0.1) is 11.6 Å². The molecule has 2 N–H and O–H groups in total. The summed E-state index contributed by atoms with van der Waals surface area (Å²) in [4.78, 5) is 18.7. The van der Waals surface area contributed by atoms with Crippen LogP contribution in [0.2, 0.25) is 0 Å². The molecule has 0 aliphatic heterocycles. The number of hydrogen-bond acceptors (Lipinski definition) is 4. The van der Waals surface area contributed by atoms with E-state index in [2.05, 4.69) is 116 Å².